The van der Waals surface area contributed by atoms with Gasteiger partial charge in [0.2, 0.25) is 0 Å². The molecular weight excluding hydrogens is 511 g/mol. The van der Waals surface area contributed by atoms with Crippen molar-refractivity contribution in [1.82, 2.24) is 0 Å². The molecule has 3 rings (SSSR count). The molecule has 1 amide bonds. The Kier molecular flexibility index (Phi) is 8.35. The van der Waals surface area contributed by atoms with Crippen molar-refractivity contribution in [3.05, 3.63) is 97.4 Å². The summed E-state index contributed by atoms with van der Waals surface area (Å²) in [5.74, 6) is 0.0220. The molecule has 0 spiro atoms. The molecule has 1 N–H and O–H groups in total. The monoisotopic (exact) mass is 528 g/mol. The highest BCUT2D eigenvalue weighted by atomic mass is 79.9. The lowest BCUT2D eigenvalue weighted by molar-refractivity contribution is -0.112. The van der Waals surface area contributed by atoms with Crippen LogP contribution in [0.5, 0.6) is 5.75 Å². The van der Waals surface area contributed by atoms with E-state index in [-0.39, 0.29) is 12.2 Å². The average molecular weight is 530 g/mol. The Morgan fingerprint density at radius 2 is 1.91 bits per heavy atom. The summed E-state index contributed by atoms with van der Waals surface area (Å²) in [5.41, 5.74) is 2.99. The zero-order valence-electron chi connectivity index (χ0n) is 17.2. The molecule has 0 atom stereocenters. The van der Waals surface area contributed by atoms with Crippen LogP contribution in [0, 0.1) is 11.3 Å². The predicted molar refractivity (Wildman–Crippen MR) is 133 cm³/mol. The molecule has 0 saturated carbocycles. The highest BCUT2D eigenvalue weighted by Gasteiger charge is 2.14. The Labute approximate surface area is 205 Å². The van der Waals surface area contributed by atoms with Crippen LogP contribution in [0.3, 0.4) is 0 Å². The third kappa shape index (κ3) is 6.14. The van der Waals surface area contributed by atoms with E-state index in [1.165, 1.54) is 6.08 Å². The summed E-state index contributed by atoms with van der Waals surface area (Å²) >= 11 is 15.6. The molecule has 162 valence electrons. The smallest absolute Gasteiger partial charge is 0.266 e. The van der Waals surface area contributed by atoms with Gasteiger partial charge in [0.25, 0.3) is 5.91 Å². The maximum absolute atomic E-state index is 12.8. The zero-order chi connectivity index (χ0) is 23.1. The number of carbonyl (C=O) groups excluding carboxylic acids is 1. The van der Waals surface area contributed by atoms with Crippen molar-refractivity contribution in [3.63, 3.8) is 0 Å². The van der Waals surface area contributed by atoms with E-state index in [1.807, 2.05) is 43.3 Å². The molecule has 3 aromatic carbocycles. The quantitative estimate of drug-likeness (QED) is 0.255. The van der Waals surface area contributed by atoms with Gasteiger partial charge in [0.1, 0.15) is 24.0 Å². The van der Waals surface area contributed by atoms with Crippen molar-refractivity contribution in [2.45, 2.75) is 20.0 Å². The lowest BCUT2D eigenvalue weighted by Crippen LogP contribution is -2.14. The summed E-state index contributed by atoms with van der Waals surface area (Å²) in [5, 5.41) is 13.5. The summed E-state index contributed by atoms with van der Waals surface area (Å²) in [6.45, 7) is 2.21. The van der Waals surface area contributed by atoms with E-state index >= 15 is 0 Å². The molecule has 0 radical (unpaired) electrons. The van der Waals surface area contributed by atoms with E-state index in [9.17, 15) is 10.1 Å². The van der Waals surface area contributed by atoms with Gasteiger partial charge in [0, 0.05) is 31.3 Å². The van der Waals surface area contributed by atoms with Crippen LogP contribution in [0.15, 0.2) is 70.7 Å². The second-order valence-corrected chi connectivity index (χ2v) is 8.60. The topological polar surface area (TPSA) is 62.1 Å². The first-order valence-electron chi connectivity index (χ1n) is 9.78. The first kappa shape index (κ1) is 23.9. The van der Waals surface area contributed by atoms with Gasteiger partial charge >= 0.3 is 0 Å². The van der Waals surface area contributed by atoms with Crippen LogP contribution in [0.4, 0.5) is 5.69 Å². The molecule has 3 aromatic rings. The van der Waals surface area contributed by atoms with Gasteiger partial charge in [0.05, 0.1) is 0 Å². The molecule has 0 aliphatic heterocycles. The number of carbonyl (C=O) groups is 1. The minimum Gasteiger partial charge on any atom is -0.488 e. The van der Waals surface area contributed by atoms with E-state index in [0.717, 1.165) is 22.0 Å². The van der Waals surface area contributed by atoms with Crippen LogP contribution in [0.1, 0.15) is 23.6 Å². The summed E-state index contributed by atoms with van der Waals surface area (Å²) in [6, 6.07) is 20.0. The van der Waals surface area contributed by atoms with Crippen molar-refractivity contribution in [2.24, 2.45) is 0 Å². The van der Waals surface area contributed by atoms with Gasteiger partial charge in [-0.15, -0.1) is 0 Å². The lowest BCUT2D eigenvalue weighted by atomic mass is 10.1. The van der Waals surface area contributed by atoms with Crippen LogP contribution in [0.2, 0.25) is 10.0 Å². The van der Waals surface area contributed by atoms with Crippen LogP contribution >= 0.6 is 39.1 Å². The fourth-order valence-electron chi connectivity index (χ4n) is 3.00. The summed E-state index contributed by atoms with van der Waals surface area (Å²) < 4.78 is 6.73. The van der Waals surface area contributed by atoms with Crippen molar-refractivity contribution in [2.75, 3.05) is 5.32 Å². The molecule has 0 unspecified atom stereocenters. The second kappa shape index (κ2) is 11.2. The van der Waals surface area contributed by atoms with Gasteiger partial charge in [-0.2, -0.15) is 5.26 Å². The minimum atomic E-state index is -0.486. The molecule has 0 aliphatic rings. The first-order valence-corrected chi connectivity index (χ1v) is 11.3. The average Bonchev–Trinajstić information content (AvgIpc) is 2.78. The number of aryl methyl sites for hydroxylation is 1. The molecule has 0 heterocycles. The van der Waals surface area contributed by atoms with Crippen molar-refractivity contribution in [1.29, 1.82) is 5.26 Å². The van der Waals surface area contributed by atoms with Gasteiger partial charge in [0.15, 0.2) is 0 Å². The number of halogens is 3. The highest BCUT2D eigenvalue weighted by Crippen LogP contribution is 2.28. The highest BCUT2D eigenvalue weighted by molar-refractivity contribution is 9.10. The molecule has 0 aromatic heterocycles. The number of para-hydroxylation sites is 1. The zero-order valence-corrected chi connectivity index (χ0v) is 20.3. The fourth-order valence-corrected chi connectivity index (χ4v) is 3.84. The summed E-state index contributed by atoms with van der Waals surface area (Å²) in [7, 11) is 0. The lowest BCUT2D eigenvalue weighted by Gasteiger charge is -2.12. The number of nitrogens with zero attached hydrogens (tertiary/aromatic N) is 1. The van der Waals surface area contributed by atoms with Crippen molar-refractivity contribution < 1.29 is 9.53 Å². The van der Waals surface area contributed by atoms with E-state index < -0.39 is 5.91 Å². The number of ether oxygens (including phenoxy) is 1. The van der Waals surface area contributed by atoms with Crippen LogP contribution in [0.25, 0.3) is 6.08 Å². The largest absolute Gasteiger partial charge is 0.488 e. The van der Waals surface area contributed by atoms with Crippen LogP contribution < -0.4 is 10.1 Å². The van der Waals surface area contributed by atoms with Gasteiger partial charge < -0.3 is 10.1 Å². The van der Waals surface area contributed by atoms with Crippen molar-refractivity contribution in [3.8, 4) is 11.8 Å². The molecular formula is C25H19BrCl2N2O2. The number of hydrogen-bond donors (Lipinski definition) is 1. The standard InChI is InChI=1S/C25H19BrCl2N2O2/c1-2-16-5-3-4-6-23(16)30-25(31)19(14-29)11-18-12-20(26)8-10-24(18)32-15-17-7-9-21(27)13-22(17)28/h3-13H,2,15H2,1H3,(H,30,31)/b19-11+. The number of benzene rings is 3. The number of anilines is 1. The Morgan fingerprint density at radius 1 is 1.12 bits per heavy atom. The summed E-state index contributed by atoms with van der Waals surface area (Å²) in [6.07, 6.45) is 2.27. The summed E-state index contributed by atoms with van der Waals surface area (Å²) in [4.78, 5) is 12.8. The Balaban J connectivity index is 1.86. The van der Waals surface area contributed by atoms with E-state index in [0.29, 0.717) is 27.0 Å². The third-order valence-electron chi connectivity index (χ3n) is 4.68. The van der Waals surface area contributed by atoms with E-state index in [4.69, 9.17) is 27.9 Å². The number of rotatable bonds is 7. The van der Waals surface area contributed by atoms with E-state index in [1.54, 1.807) is 30.3 Å². The van der Waals surface area contributed by atoms with Crippen LogP contribution in [-0.4, -0.2) is 5.91 Å². The predicted octanol–water partition coefficient (Wildman–Crippen LogP) is 7.44. The molecule has 0 bridgehead atoms. The fraction of sp³-hybridized carbons (Fsp3) is 0.120. The molecule has 0 fully saturated rings. The molecule has 32 heavy (non-hydrogen) atoms. The third-order valence-corrected chi connectivity index (χ3v) is 5.76. The van der Waals surface area contributed by atoms with Gasteiger partial charge in [-0.3, -0.25) is 4.79 Å². The number of nitrogens with one attached hydrogen (secondary N) is 1. The Morgan fingerprint density at radius 3 is 2.62 bits per heavy atom. The maximum Gasteiger partial charge on any atom is 0.266 e. The van der Waals surface area contributed by atoms with Gasteiger partial charge in [-0.1, -0.05) is 70.3 Å². The number of amides is 1. The van der Waals surface area contributed by atoms with E-state index in [2.05, 4.69) is 21.2 Å². The minimum absolute atomic E-state index is 0.0385. The maximum atomic E-state index is 12.8. The van der Waals surface area contributed by atoms with Gasteiger partial charge in [-0.05, 0) is 54.5 Å². The number of hydrogen-bond acceptors (Lipinski definition) is 3. The Hall–Kier alpha value is -2.78. The van der Waals surface area contributed by atoms with Gasteiger partial charge in [-0.25, -0.2) is 0 Å². The molecule has 0 saturated heterocycles. The second-order valence-electron chi connectivity index (χ2n) is 6.84. The van der Waals surface area contributed by atoms with Crippen molar-refractivity contribution >= 4 is 56.8 Å². The molecule has 7 heteroatoms. The van der Waals surface area contributed by atoms with Crippen LogP contribution in [-0.2, 0) is 17.8 Å². The SMILES string of the molecule is CCc1ccccc1NC(=O)/C(C#N)=C/c1cc(Br)ccc1OCc1ccc(Cl)cc1Cl. The normalized spacial score (nSPS) is 11.0. The molecule has 0 aliphatic carbocycles. The molecule has 4 nitrogen and oxygen atoms in total. The number of nitriles is 1. The Bertz CT molecular complexity index is 1220. The first-order chi connectivity index (χ1) is 15.4.